The van der Waals surface area contributed by atoms with Crippen molar-refractivity contribution in [2.45, 2.75) is 38.6 Å². The van der Waals surface area contributed by atoms with E-state index in [2.05, 4.69) is 22.3 Å². The number of hydrogen-bond donors (Lipinski definition) is 1. The molecule has 2 aliphatic heterocycles. The van der Waals surface area contributed by atoms with E-state index in [9.17, 15) is 13.2 Å². The monoisotopic (exact) mass is 485 g/mol. The average Bonchev–Trinajstić information content (AvgIpc) is 2.85. The Morgan fingerprint density at radius 1 is 1.00 bits per heavy atom. The number of sulfonamides is 1. The van der Waals surface area contributed by atoms with Crippen LogP contribution in [0.25, 0.3) is 0 Å². The Labute approximate surface area is 203 Å². The second kappa shape index (κ2) is 11.4. The number of morpholine rings is 1. The normalized spacial score (nSPS) is 18.6. The number of nitrogens with one attached hydrogen (secondary N) is 1. The molecule has 2 fully saturated rings. The van der Waals surface area contributed by atoms with Gasteiger partial charge in [0.1, 0.15) is 0 Å². The van der Waals surface area contributed by atoms with Crippen LogP contribution in [-0.4, -0.2) is 62.9 Å². The van der Waals surface area contributed by atoms with Crippen LogP contribution < -0.4 is 5.32 Å². The number of carbonyl (C=O) groups excluding carboxylic acids is 1. The van der Waals surface area contributed by atoms with E-state index in [1.165, 1.54) is 5.56 Å². The van der Waals surface area contributed by atoms with Gasteiger partial charge in [-0.1, -0.05) is 48.5 Å². The van der Waals surface area contributed by atoms with E-state index >= 15 is 0 Å². The highest BCUT2D eigenvalue weighted by molar-refractivity contribution is 7.88. The maximum Gasteiger partial charge on any atom is 0.223 e. The fourth-order valence-corrected chi connectivity index (χ4v) is 6.31. The van der Waals surface area contributed by atoms with Gasteiger partial charge in [0, 0.05) is 45.2 Å². The summed E-state index contributed by atoms with van der Waals surface area (Å²) in [6.07, 6.45) is 1.10. The molecule has 0 radical (unpaired) electrons. The van der Waals surface area contributed by atoms with Gasteiger partial charge in [0.15, 0.2) is 0 Å². The summed E-state index contributed by atoms with van der Waals surface area (Å²) in [5, 5.41) is 3.06. The van der Waals surface area contributed by atoms with Crippen LogP contribution in [0.3, 0.4) is 0 Å². The van der Waals surface area contributed by atoms with Crippen molar-refractivity contribution < 1.29 is 17.9 Å². The summed E-state index contributed by atoms with van der Waals surface area (Å²) in [6, 6.07) is 15.9. The zero-order chi connectivity index (χ0) is 24.0. The van der Waals surface area contributed by atoms with Crippen molar-refractivity contribution >= 4 is 15.9 Å². The van der Waals surface area contributed by atoms with Crippen molar-refractivity contribution in [1.29, 1.82) is 0 Å². The smallest absolute Gasteiger partial charge is 0.223 e. The minimum Gasteiger partial charge on any atom is -0.379 e. The molecule has 1 amide bonds. The summed E-state index contributed by atoms with van der Waals surface area (Å²) in [6.45, 7) is 7.54. The lowest BCUT2D eigenvalue weighted by Crippen LogP contribution is -2.43. The molecule has 7 nitrogen and oxygen atoms in total. The summed E-state index contributed by atoms with van der Waals surface area (Å²) in [4.78, 5) is 15.1. The molecule has 0 spiro atoms. The Bertz CT molecular complexity index is 1070. The van der Waals surface area contributed by atoms with Gasteiger partial charge in [-0.2, -0.15) is 0 Å². The quantitative estimate of drug-likeness (QED) is 0.622. The van der Waals surface area contributed by atoms with Gasteiger partial charge in [0.25, 0.3) is 0 Å². The predicted molar refractivity (Wildman–Crippen MR) is 132 cm³/mol. The number of nitrogens with zero attached hydrogens (tertiary/aromatic N) is 2. The molecule has 0 atom stereocenters. The zero-order valence-corrected chi connectivity index (χ0v) is 20.7. The number of rotatable bonds is 8. The molecule has 2 aromatic rings. The molecule has 2 saturated heterocycles. The van der Waals surface area contributed by atoms with E-state index in [-0.39, 0.29) is 17.6 Å². The van der Waals surface area contributed by atoms with Gasteiger partial charge in [-0.15, -0.1) is 0 Å². The molecule has 8 heteroatoms. The van der Waals surface area contributed by atoms with Gasteiger partial charge in [0.2, 0.25) is 15.9 Å². The van der Waals surface area contributed by atoms with Crippen LogP contribution in [0.2, 0.25) is 0 Å². The lowest BCUT2D eigenvalue weighted by molar-refractivity contribution is -0.126. The molecule has 0 aliphatic carbocycles. The molecule has 2 heterocycles. The SMILES string of the molecule is Cc1ccccc1CS(=O)(=O)N1CCC(C(=O)NCc2cccc(CN3CCOCC3)c2)CC1. The lowest BCUT2D eigenvalue weighted by Gasteiger charge is -2.30. The van der Waals surface area contributed by atoms with Crippen LogP contribution in [0.15, 0.2) is 48.5 Å². The summed E-state index contributed by atoms with van der Waals surface area (Å²) in [7, 11) is -3.39. The highest BCUT2D eigenvalue weighted by Crippen LogP contribution is 2.23. The number of benzene rings is 2. The van der Waals surface area contributed by atoms with Crippen LogP contribution in [-0.2, 0) is 38.4 Å². The number of hydrogen-bond acceptors (Lipinski definition) is 5. The van der Waals surface area contributed by atoms with Crippen molar-refractivity contribution in [2.24, 2.45) is 5.92 Å². The van der Waals surface area contributed by atoms with Crippen LogP contribution in [0.1, 0.15) is 35.1 Å². The first-order chi connectivity index (χ1) is 16.4. The van der Waals surface area contributed by atoms with Crippen LogP contribution in [0.5, 0.6) is 0 Å². The van der Waals surface area contributed by atoms with Gasteiger partial charge in [-0.05, 0) is 42.0 Å². The van der Waals surface area contributed by atoms with Crippen LogP contribution >= 0.6 is 0 Å². The molecule has 0 bridgehead atoms. The Morgan fingerprint density at radius 2 is 1.71 bits per heavy atom. The second-order valence-electron chi connectivity index (χ2n) is 9.28. The van der Waals surface area contributed by atoms with E-state index in [0.717, 1.165) is 49.5 Å². The standard InChI is InChI=1S/C26H35N3O4S/c1-21-5-2-3-8-25(21)20-34(31,32)29-11-9-24(10-12-29)26(30)27-18-22-6-4-7-23(17-22)19-28-13-15-33-16-14-28/h2-8,17,24H,9-16,18-20H2,1H3,(H,27,30). The Balaban J connectivity index is 1.24. The summed E-state index contributed by atoms with van der Waals surface area (Å²) in [5.41, 5.74) is 4.13. The van der Waals surface area contributed by atoms with Gasteiger partial charge in [0.05, 0.1) is 19.0 Å². The number of ether oxygens (including phenoxy) is 1. The van der Waals surface area contributed by atoms with Crippen molar-refractivity contribution in [1.82, 2.24) is 14.5 Å². The summed E-state index contributed by atoms with van der Waals surface area (Å²) in [5.74, 6) is -0.131. The minimum absolute atomic E-state index is 0.00883. The molecule has 0 saturated carbocycles. The third-order valence-corrected chi connectivity index (χ3v) is 8.61. The van der Waals surface area contributed by atoms with Crippen molar-refractivity contribution in [2.75, 3.05) is 39.4 Å². The predicted octanol–water partition coefficient (Wildman–Crippen LogP) is 2.69. The van der Waals surface area contributed by atoms with Gasteiger partial charge in [-0.25, -0.2) is 12.7 Å². The van der Waals surface area contributed by atoms with E-state index in [0.29, 0.717) is 32.5 Å². The van der Waals surface area contributed by atoms with Crippen molar-refractivity contribution in [3.05, 3.63) is 70.8 Å². The first-order valence-corrected chi connectivity index (χ1v) is 13.7. The van der Waals surface area contributed by atoms with Gasteiger partial charge in [-0.3, -0.25) is 9.69 Å². The number of amides is 1. The maximum absolute atomic E-state index is 12.9. The maximum atomic E-state index is 12.9. The van der Waals surface area contributed by atoms with Crippen molar-refractivity contribution in [3.8, 4) is 0 Å². The Kier molecular flexibility index (Phi) is 8.37. The molecular weight excluding hydrogens is 450 g/mol. The van der Waals surface area contributed by atoms with E-state index in [4.69, 9.17) is 4.74 Å². The molecule has 2 aromatic carbocycles. The minimum atomic E-state index is -3.39. The number of carbonyl (C=O) groups is 1. The zero-order valence-electron chi connectivity index (χ0n) is 19.9. The van der Waals surface area contributed by atoms with E-state index in [1.807, 2.05) is 43.3 Å². The van der Waals surface area contributed by atoms with Crippen LogP contribution in [0.4, 0.5) is 0 Å². The van der Waals surface area contributed by atoms with Gasteiger partial charge >= 0.3 is 0 Å². The molecule has 2 aliphatic rings. The fourth-order valence-electron chi connectivity index (χ4n) is 4.64. The average molecular weight is 486 g/mol. The summed E-state index contributed by atoms with van der Waals surface area (Å²) >= 11 is 0. The Hall–Kier alpha value is -2.26. The third kappa shape index (κ3) is 6.66. The van der Waals surface area contributed by atoms with E-state index in [1.54, 1.807) is 4.31 Å². The van der Waals surface area contributed by atoms with Crippen LogP contribution in [0, 0.1) is 12.8 Å². The molecule has 0 unspecified atom stereocenters. The second-order valence-corrected chi connectivity index (χ2v) is 11.3. The molecular formula is C26H35N3O4S. The molecule has 1 N–H and O–H groups in total. The fraction of sp³-hybridized carbons (Fsp3) is 0.500. The van der Waals surface area contributed by atoms with Gasteiger partial charge < -0.3 is 10.1 Å². The largest absolute Gasteiger partial charge is 0.379 e. The lowest BCUT2D eigenvalue weighted by atomic mass is 9.97. The topological polar surface area (TPSA) is 79.0 Å². The number of aryl methyl sites for hydroxylation is 1. The highest BCUT2D eigenvalue weighted by Gasteiger charge is 2.31. The highest BCUT2D eigenvalue weighted by atomic mass is 32.2. The third-order valence-electron chi connectivity index (χ3n) is 6.79. The molecule has 4 rings (SSSR count). The van der Waals surface area contributed by atoms with E-state index < -0.39 is 10.0 Å². The molecule has 184 valence electrons. The first kappa shape index (κ1) is 24.9. The summed E-state index contributed by atoms with van der Waals surface area (Å²) < 4.78 is 32.7. The first-order valence-electron chi connectivity index (χ1n) is 12.1. The number of piperidine rings is 1. The Morgan fingerprint density at radius 3 is 2.44 bits per heavy atom. The molecule has 34 heavy (non-hydrogen) atoms. The molecule has 0 aromatic heterocycles. The van der Waals surface area contributed by atoms with Crippen molar-refractivity contribution in [3.63, 3.8) is 0 Å².